The largest absolute Gasteiger partial charge is 0.324 e. The maximum Gasteiger partial charge on any atom is 0.265 e. The highest BCUT2D eigenvalue weighted by Crippen LogP contribution is 2.23. The van der Waals surface area contributed by atoms with Crippen LogP contribution in [0.15, 0.2) is 81.2 Å². The van der Waals surface area contributed by atoms with E-state index in [2.05, 4.69) is 10.4 Å². The fraction of sp³-hybridized carbons (Fsp3) is 0.105. The summed E-state index contributed by atoms with van der Waals surface area (Å²) < 4.78 is 27.7. The molecule has 0 unspecified atom stereocenters. The van der Waals surface area contributed by atoms with Crippen LogP contribution in [0.2, 0.25) is 0 Å². The van der Waals surface area contributed by atoms with Crippen LogP contribution >= 0.6 is 0 Å². The third-order valence-electron chi connectivity index (χ3n) is 4.09. The average molecular weight is 414 g/mol. The average Bonchev–Trinajstić information content (AvgIpc) is 2.71. The van der Waals surface area contributed by atoms with Crippen molar-refractivity contribution in [3.63, 3.8) is 0 Å². The lowest BCUT2D eigenvalue weighted by molar-refractivity contribution is -0.117. The number of carbonyl (C=O) groups excluding carboxylic acids is 1. The van der Waals surface area contributed by atoms with Crippen LogP contribution in [-0.4, -0.2) is 31.2 Å². The van der Waals surface area contributed by atoms with Gasteiger partial charge in [-0.25, -0.2) is 13.1 Å². The number of H-pyrrole nitrogens is 1. The topological polar surface area (TPSA) is 121 Å². The predicted octanol–water partition coefficient (Wildman–Crippen LogP) is 1.00. The number of amides is 1. The summed E-state index contributed by atoms with van der Waals surface area (Å²) in [7, 11) is -2.40. The van der Waals surface area contributed by atoms with Gasteiger partial charge in [0.15, 0.2) is 0 Å². The standard InChI is InChI=1S/C19H18N4O5S/c1-22(15-7-3-2-4-8-15)29(27,28)16-9-5-6-14(12-16)20-18(25)13-23-19(26)11-10-17(24)21-23/h2-12H,13H2,1H3,(H,20,25)(H,21,24). The first-order chi connectivity index (χ1) is 13.8. The smallest absolute Gasteiger partial charge is 0.265 e. The Labute approximate surface area is 166 Å². The molecule has 0 saturated heterocycles. The van der Waals surface area contributed by atoms with Crippen molar-refractivity contribution >= 4 is 27.3 Å². The summed E-state index contributed by atoms with van der Waals surface area (Å²) in [6.07, 6.45) is 0. The van der Waals surface area contributed by atoms with Crippen LogP contribution in [0.3, 0.4) is 0 Å². The third-order valence-corrected chi connectivity index (χ3v) is 5.87. The van der Waals surface area contributed by atoms with Gasteiger partial charge in [-0.1, -0.05) is 24.3 Å². The number of hydrogen-bond donors (Lipinski definition) is 2. The lowest BCUT2D eigenvalue weighted by Gasteiger charge is -2.20. The van der Waals surface area contributed by atoms with Crippen LogP contribution in [0.5, 0.6) is 0 Å². The van der Waals surface area contributed by atoms with Gasteiger partial charge in [0, 0.05) is 24.9 Å². The van der Waals surface area contributed by atoms with E-state index >= 15 is 0 Å². The Morgan fingerprint density at radius 2 is 1.76 bits per heavy atom. The van der Waals surface area contributed by atoms with Crippen LogP contribution in [0.25, 0.3) is 0 Å². The number of aromatic nitrogens is 2. The first-order valence-electron chi connectivity index (χ1n) is 8.51. The van der Waals surface area contributed by atoms with E-state index in [1.165, 1.54) is 31.3 Å². The first kappa shape index (κ1) is 20.1. The second kappa shape index (κ2) is 8.15. The molecule has 0 spiro atoms. The Morgan fingerprint density at radius 1 is 1.03 bits per heavy atom. The molecule has 29 heavy (non-hydrogen) atoms. The SMILES string of the molecule is CN(c1ccccc1)S(=O)(=O)c1cccc(NC(=O)Cn2[nH]c(=O)ccc2=O)c1. The molecule has 0 aliphatic heterocycles. The maximum atomic E-state index is 12.9. The van der Waals surface area contributed by atoms with Crippen LogP contribution in [-0.2, 0) is 21.4 Å². The number of hydrogen-bond acceptors (Lipinski definition) is 5. The molecule has 3 aromatic rings. The van der Waals surface area contributed by atoms with E-state index in [4.69, 9.17) is 0 Å². The van der Waals surface area contributed by atoms with Crippen molar-refractivity contribution in [2.75, 3.05) is 16.7 Å². The Balaban J connectivity index is 1.80. The van der Waals surface area contributed by atoms with E-state index in [1.807, 2.05) is 0 Å². The highest BCUT2D eigenvalue weighted by atomic mass is 32.2. The lowest BCUT2D eigenvalue weighted by atomic mass is 10.3. The Hall–Kier alpha value is -3.66. The van der Waals surface area contributed by atoms with E-state index < -0.39 is 33.6 Å². The summed E-state index contributed by atoms with van der Waals surface area (Å²) in [5.74, 6) is -0.597. The molecule has 9 nitrogen and oxygen atoms in total. The van der Waals surface area contributed by atoms with Crippen LogP contribution in [0.4, 0.5) is 11.4 Å². The zero-order chi connectivity index (χ0) is 21.0. The lowest BCUT2D eigenvalue weighted by Crippen LogP contribution is -2.32. The molecule has 0 radical (unpaired) electrons. The number of nitrogens with one attached hydrogen (secondary N) is 2. The zero-order valence-electron chi connectivity index (χ0n) is 15.4. The minimum Gasteiger partial charge on any atom is -0.324 e. The Bertz CT molecular complexity index is 1250. The summed E-state index contributed by atoms with van der Waals surface area (Å²) in [4.78, 5) is 35.2. The molecule has 0 saturated carbocycles. The van der Waals surface area contributed by atoms with Gasteiger partial charge in [-0.15, -0.1) is 0 Å². The zero-order valence-corrected chi connectivity index (χ0v) is 16.2. The summed E-state index contributed by atoms with van der Waals surface area (Å²) in [6, 6.07) is 16.5. The van der Waals surface area contributed by atoms with Crippen LogP contribution < -0.4 is 20.7 Å². The fourth-order valence-corrected chi connectivity index (χ4v) is 3.83. The van der Waals surface area contributed by atoms with Crippen LogP contribution in [0.1, 0.15) is 0 Å². The highest BCUT2D eigenvalue weighted by Gasteiger charge is 2.21. The van der Waals surface area contributed by atoms with Gasteiger partial charge in [0.2, 0.25) is 5.91 Å². The summed E-state index contributed by atoms with van der Waals surface area (Å²) >= 11 is 0. The molecule has 1 aromatic heterocycles. The molecule has 1 amide bonds. The molecule has 0 atom stereocenters. The van der Waals surface area contributed by atoms with Crippen molar-refractivity contribution in [1.82, 2.24) is 9.78 Å². The Morgan fingerprint density at radius 3 is 2.48 bits per heavy atom. The number of rotatable bonds is 6. The molecule has 1 heterocycles. The van der Waals surface area contributed by atoms with Gasteiger partial charge in [-0.2, -0.15) is 0 Å². The van der Waals surface area contributed by atoms with Crippen molar-refractivity contribution in [2.24, 2.45) is 0 Å². The predicted molar refractivity (Wildman–Crippen MR) is 108 cm³/mol. The quantitative estimate of drug-likeness (QED) is 0.623. The van der Waals surface area contributed by atoms with Crippen molar-refractivity contribution in [1.29, 1.82) is 0 Å². The van der Waals surface area contributed by atoms with Gasteiger partial charge in [0.05, 0.1) is 10.6 Å². The summed E-state index contributed by atoms with van der Waals surface area (Å²) in [5, 5.41) is 4.77. The Kier molecular flexibility index (Phi) is 5.64. The molecule has 0 aliphatic rings. The highest BCUT2D eigenvalue weighted by molar-refractivity contribution is 7.92. The maximum absolute atomic E-state index is 12.9. The number of sulfonamides is 1. The van der Waals surface area contributed by atoms with Crippen molar-refractivity contribution in [2.45, 2.75) is 11.4 Å². The molecule has 0 aliphatic carbocycles. The monoisotopic (exact) mass is 414 g/mol. The molecule has 150 valence electrons. The van der Waals surface area contributed by atoms with E-state index in [-0.39, 0.29) is 10.6 Å². The number of para-hydroxylation sites is 1. The normalized spacial score (nSPS) is 11.1. The summed E-state index contributed by atoms with van der Waals surface area (Å²) in [6.45, 7) is -0.421. The third kappa shape index (κ3) is 4.61. The van der Waals surface area contributed by atoms with Gasteiger partial charge in [0.25, 0.3) is 21.1 Å². The number of nitrogens with zero attached hydrogens (tertiary/aromatic N) is 2. The minimum absolute atomic E-state index is 0.00746. The molecule has 10 heteroatoms. The second-order valence-corrected chi connectivity index (χ2v) is 8.09. The molecule has 0 bridgehead atoms. The number of carbonyl (C=O) groups is 1. The van der Waals surface area contributed by atoms with E-state index in [1.54, 1.807) is 30.3 Å². The molecule has 0 fully saturated rings. The van der Waals surface area contributed by atoms with Crippen molar-refractivity contribution < 1.29 is 13.2 Å². The fourth-order valence-electron chi connectivity index (χ4n) is 2.59. The van der Waals surface area contributed by atoms with Crippen molar-refractivity contribution in [3.05, 3.63) is 87.4 Å². The summed E-state index contributed by atoms with van der Waals surface area (Å²) in [5.41, 5.74) is -0.326. The first-order valence-corrected chi connectivity index (χ1v) is 9.95. The van der Waals surface area contributed by atoms with Gasteiger partial charge >= 0.3 is 0 Å². The number of anilines is 2. The van der Waals surface area contributed by atoms with Crippen LogP contribution in [0, 0.1) is 0 Å². The molecule has 3 rings (SSSR count). The van der Waals surface area contributed by atoms with Gasteiger partial charge in [-0.3, -0.25) is 23.8 Å². The van der Waals surface area contributed by atoms with E-state index in [0.717, 1.165) is 21.1 Å². The number of benzene rings is 2. The van der Waals surface area contributed by atoms with Gasteiger partial charge in [0.1, 0.15) is 6.54 Å². The molecule has 2 aromatic carbocycles. The van der Waals surface area contributed by atoms with Crippen molar-refractivity contribution in [3.8, 4) is 0 Å². The van der Waals surface area contributed by atoms with Gasteiger partial charge < -0.3 is 5.32 Å². The van der Waals surface area contributed by atoms with Gasteiger partial charge in [-0.05, 0) is 30.3 Å². The van der Waals surface area contributed by atoms with E-state index in [0.29, 0.717) is 5.69 Å². The second-order valence-electron chi connectivity index (χ2n) is 6.12. The molecular weight excluding hydrogens is 396 g/mol. The number of aromatic amines is 1. The molecule has 2 N–H and O–H groups in total. The van der Waals surface area contributed by atoms with E-state index in [9.17, 15) is 22.8 Å². The minimum atomic E-state index is -3.84. The molecular formula is C19H18N4O5S.